The zero-order chi connectivity index (χ0) is 15.5. The van der Waals surface area contributed by atoms with E-state index in [4.69, 9.17) is 4.74 Å². The van der Waals surface area contributed by atoms with Crippen molar-refractivity contribution in [2.75, 3.05) is 30.9 Å². The van der Waals surface area contributed by atoms with Crippen LogP contribution in [0.4, 0.5) is 11.4 Å². The highest BCUT2D eigenvalue weighted by Crippen LogP contribution is 2.29. The van der Waals surface area contributed by atoms with Crippen molar-refractivity contribution in [2.45, 2.75) is 12.8 Å². The van der Waals surface area contributed by atoms with Gasteiger partial charge in [0.25, 0.3) is 5.91 Å². The number of hydrogen-bond acceptors (Lipinski definition) is 3. The van der Waals surface area contributed by atoms with E-state index >= 15 is 0 Å². The summed E-state index contributed by atoms with van der Waals surface area (Å²) in [5.41, 5.74) is 3.95. The molecule has 1 N–H and O–H groups in total. The number of aryl methyl sites for hydroxylation is 1. The summed E-state index contributed by atoms with van der Waals surface area (Å²) in [6, 6.07) is 13.3. The van der Waals surface area contributed by atoms with Gasteiger partial charge in [-0.15, -0.1) is 0 Å². The number of anilines is 2. The number of fused-ring (bicyclic) bond motifs is 1. The molecular formula is C18H20N2O2. The van der Waals surface area contributed by atoms with E-state index in [1.807, 2.05) is 24.3 Å². The number of carbonyl (C=O) groups is 1. The minimum Gasteiger partial charge on any atom is -0.497 e. The van der Waals surface area contributed by atoms with Crippen LogP contribution in [0.25, 0.3) is 0 Å². The van der Waals surface area contributed by atoms with Gasteiger partial charge in [-0.1, -0.05) is 12.1 Å². The van der Waals surface area contributed by atoms with E-state index < -0.39 is 0 Å². The first-order valence-electron chi connectivity index (χ1n) is 7.47. The molecule has 0 radical (unpaired) electrons. The number of nitrogens with one attached hydrogen (secondary N) is 1. The Balaban J connectivity index is 1.80. The Hall–Kier alpha value is -2.49. The van der Waals surface area contributed by atoms with Crippen molar-refractivity contribution in [2.24, 2.45) is 0 Å². The van der Waals surface area contributed by atoms with Gasteiger partial charge in [0.2, 0.25) is 0 Å². The smallest absolute Gasteiger partial charge is 0.255 e. The molecular weight excluding hydrogens is 276 g/mol. The number of methoxy groups -OCH3 is 1. The van der Waals surface area contributed by atoms with Crippen LogP contribution in [0.1, 0.15) is 22.3 Å². The van der Waals surface area contributed by atoms with Gasteiger partial charge in [-0.2, -0.15) is 0 Å². The van der Waals surface area contributed by atoms with Crippen LogP contribution in [0.3, 0.4) is 0 Å². The summed E-state index contributed by atoms with van der Waals surface area (Å²) in [4.78, 5) is 14.6. The van der Waals surface area contributed by atoms with Crippen molar-refractivity contribution in [1.29, 1.82) is 0 Å². The predicted octanol–water partition coefficient (Wildman–Crippen LogP) is 3.33. The Labute approximate surface area is 130 Å². The molecule has 2 aromatic rings. The Morgan fingerprint density at radius 1 is 1.23 bits per heavy atom. The van der Waals surface area contributed by atoms with Crippen LogP contribution in [0.2, 0.25) is 0 Å². The first-order valence-corrected chi connectivity index (χ1v) is 7.47. The van der Waals surface area contributed by atoms with Crippen molar-refractivity contribution in [3.63, 3.8) is 0 Å². The summed E-state index contributed by atoms with van der Waals surface area (Å²) >= 11 is 0. The van der Waals surface area contributed by atoms with Crippen LogP contribution in [0.5, 0.6) is 5.75 Å². The zero-order valence-corrected chi connectivity index (χ0v) is 12.9. The molecule has 1 amide bonds. The van der Waals surface area contributed by atoms with E-state index in [2.05, 4.69) is 23.3 Å². The molecule has 0 atom stereocenters. The normalized spacial score (nSPS) is 13.5. The van der Waals surface area contributed by atoms with E-state index in [9.17, 15) is 4.79 Å². The number of carbonyl (C=O) groups excluding carboxylic acids is 1. The van der Waals surface area contributed by atoms with Gasteiger partial charge in [0, 0.05) is 30.5 Å². The fraction of sp³-hybridized carbons (Fsp3) is 0.278. The molecule has 1 aliphatic heterocycles. The average molecular weight is 296 g/mol. The summed E-state index contributed by atoms with van der Waals surface area (Å²) in [7, 11) is 3.68. The lowest BCUT2D eigenvalue weighted by Gasteiger charge is -2.28. The van der Waals surface area contributed by atoms with Gasteiger partial charge in [-0.05, 0) is 48.7 Å². The second kappa shape index (κ2) is 6.10. The van der Waals surface area contributed by atoms with Crippen LogP contribution >= 0.6 is 0 Å². The van der Waals surface area contributed by atoms with Crippen LogP contribution < -0.4 is 15.0 Å². The topological polar surface area (TPSA) is 41.6 Å². The first kappa shape index (κ1) is 14.4. The Bertz CT molecular complexity index is 697. The molecule has 22 heavy (non-hydrogen) atoms. The van der Waals surface area contributed by atoms with Crippen molar-refractivity contribution in [3.05, 3.63) is 53.6 Å². The fourth-order valence-corrected chi connectivity index (χ4v) is 2.80. The second-order valence-corrected chi connectivity index (χ2v) is 5.55. The highest BCUT2D eigenvalue weighted by molar-refractivity contribution is 6.04. The van der Waals surface area contributed by atoms with Gasteiger partial charge >= 0.3 is 0 Å². The summed E-state index contributed by atoms with van der Waals surface area (Å²) in [6.45, 7) is 1.06. The van der Waals surface area contributed by atoms with E-state index in [0.29, 0.717) is 11.3 Å². The Kier molecular flexibility index (Phi) is 4.00. The summed E-state index contributed by atoms with van der Waals surface area (Å²) in [6.07, 6.45) is 2.28. The molecule has 0 aliphatic carbocycles. The van der Waals surface area contributed by atoms with Crippen molar-refractivity contribution in [3.8, 4) is 5.75 Å². The third-order valence-corrected chi connectivity index (χ3v) is 4.03. The maximum absolute atomic E-state index is 12.4. The lowest BCUT2D eigenvalue weighted by Crippen LogP contribution is -2.24. The van der Waals surface area contributed by atoms with Gasteiger partial charge in [0.1, 0.15) is 5.75 Å². The maximum Gasteiger partial charge on any atom is 0.255 e. The third-order valence-electron chi connectivity index (χ3n) is 4.03. The van der Waals surface area contributed by atoms with E-state index in [1.54, 1.807) is 19.2 Å². The molecule has 1 heterocycles. The largest absolute Gasteiger partial charge is 0.497 e. The molecule has 0 saturated carbocycles. The lowest BCUT2D eigenvalue weighted by atomic mass is 10.0. The fourth-order valence-electron chi connectivity index (χ4n) is 2.80. The maximum atomic E-state index is 12.4. The molecule has 3 rings (SSSR count). The van der Waals surface area contributed by atoms with Crippen LogP contribution in [0.15, 0.2) is 42.5 Å². The number of nitrogens with zero attached hydrogens (tertiary/aromatic N) is 1. The van der Waals surface area contributed by atoms with Crippen LogP contribution in [-0.2, 0) is 6.42 Å². The van der Waals surface area contributed by atoms with Gasteiger partial charge < -0.3 is 15.0 Å². The highest BCUT2D eigenvalue weighted by atomic mass is 16.5. The van der Waals surface area contributed by atoms with Crippen LogP contribution in [0, 0.1) is 0 Å². The van der Waals surface area contributed by atoms with Gasteiger partial charge in [0.05, 0.1) is 7.11 Å². The quantitative estimate of drug-likeness (QED) is 0.944. The molecule has 0 spiro atoms. The molecule has 0 aromatic heterocycles. The summed E-state index contributed by atoms with van der Waals surface area (Å²) in [5, 5.41) is 2.96. The lowest BCUT2D eigenvalue weighted by molar-refractivity contribution is 0.102. The van der Waals surface area contributed by atoms with Crippen molar-refractivity contribution < 1.29 is 9.53 Å². The van der Waals surface area contributed by atoms with Gasteiger partial charge in [-0.25, -0.2) is 0 Å². The number of ether oxygens (including phenoxy) is 1. The molecule has 4 heteroatoms. The van der Waals surface area contributed by atoms with E-state index in [0.717, 1.165) is 18.7 Å². The van der Waals surface area contributed by atoms with Gasteiger partial charge in [0.15, 0.2) is 0 Å². The molecule has 114 valence electrons. The van der Waals surface area contributed by atoms with Crippen molar-refractivity contribution in [1.82, 2.24) is 0 Å². The number of rotatable bonds is 3. The zero-order valence-electron chi connectivity index (χ0n) is 12.9. The Morgan fingerprint density at radius 2 is 2.09 bits per heavy atom. The monoisotopic (exact) mass is 296 g/mol. The minimum absolute atomic E-state index is 0.127. The predicted molar refractivity (Wildman–Crippen MR) is 89.0 cm³/mol. The van der Waals surface area contributed by atoms with E-state index in [-0.39, 0.29) is 5.91 Å². The Morgan fingerprint density at radius 3 is 2.91 bits per heavy atom. The van der Waals surface area contributed by atoms with E-state index in [1.165, 1.54) is 17.7 Å². The van der Waals surface area contributed by atoms with Crippen LogP contribution in [-0.4, -0.2) is 26.6 Å². The molecule has 2 aromatic carbocycles. The third kappa shape index (κ3) is 2.91. The number of hydrogen-bond donors (Lipinski definition) is 1. The second-order valence-electron chi connectivity index (χ2n) is 5.55. The SMILES string of the molecule is COc1cccc(C(=O)Nc2ccc3c(c2)N(C)CCC3)c1. The van der Waals surface area contributed by atoms with Gasteiger partial charge in [-0.3, -0.25) is 4.79 Å². The number of benzene rings is 2. The number of amides is 1. The average Bonchev–Trinajstić information content (AvgIpc) is 2.55. The summed E-state index contributed by atoms with van der Waals surface area (Å²) < 4.78 is 5.16. The standard InChI is InChI=1S/C18H20N2O2/c1-20-10-4-6-13-8-9-15(12-17(13)20)19-18(21)14-5-3-7-16(11-14)22-2/h3,5,7-9,11-12H,4,6,10H2,1-2H3,(H,19,21). The molecule has 0 saturated heterocycles. The molecule has 4 nitrogen and oxygen atoms in total. The van der Waals surface area contributed by atoms with Crippen molar-refractivity contribution >= 4 is 17.3 Å². The highest BCUT2D eigenvalue weighted by Gasteiger charge is 2.15. The molecule has 0 fully saturated rings. The summed E-state index contributed by atoms with van der Waals surface area (Å²) in [5.74, 6) is 0.551. The minimum atomic E-state index is -0.127. The molecule has 0 bridgehead atoms. The first-order chi connectivity index (χ1) is 10.7. The molecule has 0 unspecified atom stereocenters. The molecule has 1 aliphatic rings.